The number of fused-ring (bicyclic) bond motifs is 1. The van der Waals surface area contributed by atoms with E-state index in [-0.39, 0.29) is 13.2 Å². The van der Waals surface area contributed by atoms with Crippen molar-refractivity contribution in [1.82, 2.24) is 0 Å². The fraction of sp³-hybridized carbons (Fsp3) is 0.500. The van der Waals surface area contributed by atoms with E-state index in [4.69, 9.17) is 18.5 Å². The average Bonchev–Trinajstić information content (AvgIpc) is 2.72. The quantitative estimate of drug-likeness (QED) is 0.332. The maximum Gasteiger partial charge on any atom is 0.370 e. The SMILES string of the molecule is CCC[C@@H](OC(=O)[C@@H](C)c1ccc2cc(OC)ccc2c1)P(=O)(OCC)OCC. The molecule has 6 nitrogen and oxygen atoms in total. The van der Waals surface area contributed by atoms with Crippen LogP contribution in [0.1, 0.15) is 52.0 Å². The van der Waals surface area contributed by atoms with Gasteiger partial charge in [-0.05, 0) is 55.7 Å². The molecule has 2 rings (SSSR count). The lowest BCUT2D eigenvalue weighted by molar-refractivity contribution is -0.148. The van der Waals surface area contributed by atoms with Crippen molar-refractivity contribution in [3.63, 3.8) is 0 Å². The van der Waals surface area contributed by atoms with E-state index in [1.165, 1.54) is 0 Å². The third-order valence-electron chi connectivity index (χ3n) is 4.68. The average molecular weight is 422 g/mol. The largest absolute Gasteiger partial charge is 0.497 e. The van der Waals surface area contributed by atoms with E-state index in [2.05, 4.69) is 0 Å². The molecule has 0 fully saturated rings. The highest BCUT2D eigenvalue weighted by atomic mass is 31.2. The van der Waals surface area contributed by atoms with Crippen molar-refractivity contribution in [3.05, 3.63) is 42.0 Å². The molecule has 7 heteroatoms. The molecule has 0 bridgehead atoms. The Hall–Kier alpha value is -1.88. The van der Waals surface area contributed by atoms with Gasteiger partial charge in [-0.25, -0.2) is 0 Å². The van der Waals surface area contributed by atoms with Crippen molar-refractivity contribution in [2.24, 2.45) is 0 Å². The van der Waals surface area contributed by atoms with Gasteiger partial charge < -0.3 is 18.5 Å². The molecule has 2 aromatic rings. The minimum Gasteiger partial charge on any atom is -0.497 e. The summed E-state index contributed by atoms with van der Waals surface area (Å²) in [5, 5.41) is 2.03. The predicted octanol–water partition coefficient (Wildman–Crippen LogP) is 5.89. The summed E-state index contributed by atoms with van der Waals surface area (Å²) in [5.41, 5.74) is 0.825. The number of carbonyl (C=O) groups excluding carboxylic acids is 1. The van der Waals surface area contributed by atoms with E-state index >= 15 is 0 Å². The Labute approximate surface area is 173 Å². The summed E-state index contributed by atoms with van der Waals surface area (Å²) >= 11 is 0. The van der Waals surface area contributed by atoms with Crippen LogP contribution in [0.2, 0.25) is 0 Å². The molecule has 0 saturated heterocycles. The fourth-order valence-electron chi connectivity index (χ4n) is 3.10. The summed E-state index contributed by atoms with van der Waals surface area (Å²) in [6.07, 6.45) is 1.10. The summed E-state index contributed by atoms with van der Waals surface area (Å²) in [6.45, 7) is 7.64. The lowest BCUT2D eigenvalue weighted by Crippen LogP contribution is -2.24. The van der Waals surface area contributed by atoms with Gasteiger partial charge >= 0.3 is 13.6 Å². The number of hydrogen-bond donors (Lipinski definition) is 0. The van der Waals surface area contributed by atoms with Crippen LogP contribution >= 0.6 is 7.60 Å². The number of methoxy groups -OCH3 is 1. The standard InChI is InChI=1S/C22H31O6P/c1-6-9-21(29(24,26-7-2)27-8-3)28-22(23)16(4)17-10-11-19-15-20(25-5)13-12-18(19)14-17/h10-16,21H,6-9H2,1-5H3/t16-,21-/m0/s1. The number of carbonyl (C=O) groups is 1. The minimum absolute atomic E-state index is 0.221. The van der Waals surface area contributed by atoms with Gasteiger partial charge in [-0.1, -0.05) is 37.6 Å². The van der Waals surface area contributed by atoms with Crippen LogP contribution in [0, 0.1) is 0 Å². The highest BCUT2D eigenvalue weighted by Gasteiger charge is 2.39. The second kappa shape index (κ2) is 10.8. The van der Waals surface area contributed by atoms with Gasteiger partial charge in [-0.2, -0.15) is 0 Å². The van der Waals surface area contributed by atoms with Crippen LogP contribution in [0.15, 0.2) is 36.4 Å². The molecule has 0 unspecified atom stereocenters. The number of rotatable bonds is 11. The zero-order chi connectivity index (χ0) is 21.4. The van der Waals surface area contributed by atoms with E-state index < -0.39 is 25.3 Å². The lowest BCUT2D eigenvalue weighted by atomic mass is 9.98. The Balaban J connectivity index is 2.22. The van der Waals surface area contributed by atoms with Crippen LogP contribution in [0.4, 0.5) is 0 Å². The first-order chi connectivity index (χ1) is 13.9. The molecule has 0 aromatic heterocycles. The van der Waals surface area contributed by atoms with Crippen molar-refractivity contribution < 1.29 is 27.9 Å². The molecule has 0 heterocycles. The smallest absolute Gasteiger partial charge is 0.370 e. The maximum atomic E-state index is 13.1. The summed E-state index contributed by atoms with van der Waals surface area (Å²) in [7, 11) is -1.91. The van der Waals surface area contributed by atoms with Crippen LogP contribution in [0.5, 0.6) is 5.75 Å². The molecular formula is C22H31O6P. The lowest BCUT2D eigenvalue weighted by Gasteiger charge is -2.27. The number of esters is 1. The minimum atomic E-state index is -3.54. The van der Waals surface area contributed by atoms with Crippen molar-refractivity contribution in [1.29, 1.82) is 0 Å². The maximum absolute atomic E-state index is 13.1. The fourth-order valence-corrected chi connectivity index (χ4v) is 5.04. The van der Waals surface area contributed by atoms with Gasteiger partial charge in [0.2, 0.25) is 5.85 Å². The zero-order valence-corrected chi connectivity index (χ0v) is 18.7. The van der Waals surface area contributed by atoms with Gasteiger partial charge in [0.05, 0.1) is 26.2 Å². The summed E-state index contributed by atoms with van der Waals surface area (Å²) in [6, 6.07) is 11.6. The second-order valence-corrected chi connectivity index (χ2v) is 8.92. The monoisotopic (exact) mass is 422 g/mol. The van der Waals surface area contributed by atoms with E-state index in [1.807, 2.05) is 43.3 Å². The first-order valence-corrected chi connectivity index (χ1v) is 11.7. The molecule has 0 spiro atoms. The third kappa shape index (κ3) is 5.81. The Bertz CT molecular complexity index is 856. The molecule has 0 saturated carbocycles. The first kappa shape index (κ1) is 23.4. The molecule has 2 atom stereocenters. The van der Waals surface area contributed by atoms with Gasteiger partial charge in [-0.3, -0.25) is 9.36 Å². The first-order valence-electron chi connectivity index (χ1n) is 10.0. The molecule has 0 aliphatic heterocycles. The molecule has 29 heavy (non-hydrogen) atoms. The van der Waals surface area contributed by atoms with E-state index in [0.717, 1.165) is 22.1 Å². The van der Waals surface area contributed by atoms with Crippen LogP contribution in [0.3, 0.4) is 0 Å². The van der Waals surface area contributed by atoms with Gasteiger partial charge in [0, 0.05) is 0 Å². The Morgan fingerprint density at radius 2 is 1.62 bits per heavy atom. The second-order valence-electron chi connectivity index (χ2n) is 6.75. The molecule has 160 valence electrons. The molecular weight excluding hydrogens is 391 g/mol. The highest BCUT2D eigenvalue weighted by Crippen LogP contribution is 2.55. The molecule has 0 aliphatic carbocycles. The van der Waals surface area contributed by atoms with Crippen LogP contribution in [0.25, 0.3) is 10.8 Å². The normalized spacial score (nSPS) is 13.8. The summed E-state index contributed by atoms with van der Waals surface area (Å²) in [4.78, 5) is 12.8. The molecule has 0 N–H and O–H groups in total. The number of benzene rings is 2. The van der Waals surface area contributed by atoms with E-state index in [9.17, 15) is 9.36 Å². The number of ether oxygens (including phenoxy) is 2. The van der Waals surface area contributed by atoms with Crippen LogP contribution in [-0.2, 0) is 23.1 Å². The Morgan fingerprint density at radius 1 is 1.00 bits per heavy atom. The van der Waals surface area contributed by atoms with Crippen molar-refractivity contribution in [2.75, 3.05) is 20.3 Å². The van der Waals surface area contributed by atoms with Gasteiger partial charge in [0.15, 0.2) is 0 Å². The van der Waals surface area contributed by atoms with Crippen molar-refractivity contribution in [3.8, 4) is 5.75 Å². The molecule has 0 amide bonds. The highest BCUT2D eigenvalue weighted by molar-refractivity contribution is 7.54. The van der Waals surface area contributed by atoms with Crippen LogP contribution in [-0.4, -0.2) is 32.1 Å². The molecule has 0 aliphatic rings. The Kier molecular flexibility index (Phi) is 8.69. The molecule has 2 aromatic carbocycles. The number of hydrogen-bond acceptors (Lipinski definition) is 6. The topological polar surface area (TPSA) is 71.1 Å². The van der Waals surface area contributed by atoms with Gasteiger partial charge in [0.1, 0.15) is 5.75 Å². The summed E-state index contributed by atoms with van der Waals surface area (Å²) < 4.78 is 34.8. The van der Waals surface area contributed by atoms with E-state index in [0.29, 0.717) is 12.8 Å². The van der Waals surface area contributed by atoms with Gasteiger partial charge in [0.25, 0.3) is 0 Å². The predicted molar refractivity (Wildman–Crippen MR) is 115 cm³/mol. The molecule has 0 radical (unpaired) electrons. The van der Waals surface area contributed by atoms with Crippen molar-refractivity contribution >= 4 is 24.3 Å². The van der Waals surface area contributed by atoms with Gasteiger partial charge in [-0.15, -0.1) is 0 Å². The summed E-state index contributed by atoms with van der Waals surface area (Å²) in [5.74, 6) is -1.09. The van der Waals surface area contributed by atoms with Crippen LogP contribution < -0.4 is 4.74 Å². The zero-order valence-electron chi connectivity index (χ0n) is 17.8. The van der Waals surface area contributed by atoms with Crippen molar-refractivity contribution in [2.45, 2.75) is 52.3 Å². The Morgan fingerprint density at radius 3 is 2.21 bits per heavy atom. The third-order valence-corrected chi connectivity index (χ3v) is 6.99. The van der Waals surface area contributed by atoms with E-state index in [1.54, 1.807) is 27.9 Å².